The van der Waals surface area contributed by atoms with E-state index in [-0.39, 0.29) is 0 Å². The Morgan fingerprint density at radius 2 is 2.11 bits per heavy atom. The third-order valence-corrected chi connectivity index (χ3v) is 4.39. The van der Waals surface area contributed by atoms with E-state index in [1.165, 1.54) is 49.8 Å². The van der Waals surface area contributed by atoms with Crippen LogP contribution in [0.3, 0.4) is 0 Å². The summed E-state index contributed by atoms with van der Waals surface area (Å²) in [4.78, 5) is 0. The van der Waals surface area contributed by atoms with E-state index in [1.807, 2.05) is 0 Å². The van der Waals surface area contributed by atoms with E-state index in [1.54, 1.807) is 0 Å². The molecule has 1 nitrogen and oxygen atoms in total. The van der Waals surface area contributed by atoms with Crippen LogP contribution in [0, 0.1) is 12.3 Å². The first-order chi connectivity index (χ1) is 8.57. The Labute approximate surface area is 112 Å². The zero-order chi connectivity index (χ0) is 13.0. The average molecular weight is 245 g/mol. The first kappa shape index (κ1) is 13.6. The van der Waals surface area contributed by atoms with Gasteiger partial charge in [-0.3, -0.25) is 0 Å². The number of nitrogens with one attached hydrogen (secondary N) is 1. The molecule has 1 fully saturated rings. The number of aryl methyl sites for hydroxylation is 2. The summed E-state index contributed by atoms with van der Waals surface area (Å²) in [7, 11) is 0. The Hall–Kier alpha value is -0.820. The zero-order valence-electron chi connectivity index (χ0n) is 12.1. The van der Waals surface area contributed by atoms with Gasteiger partial charge in [-0.25, -0.2) is 0 Å². The van der Waals surface area contributed by atoms with Gasteiger partial charge in [0.15, 0.2) is 0 Å². The van der Waals surface area contributed by atoms with Crippen molar-refractivity contribution in [3.8, 4) is 0 Å². The van der Waals surface area contributed by atoms with Crippen LogP contribution in [0.4, 0.5) is 0 Å². The molecule has 1 aromatic rings. The molecule has 0 aromatic heterocycles. The topological polar surface area (TPSA) is 12.0 Å². The fraction of sp³-hybridized carbons (Fsp3) is 0.647. The van der Waals surface area contributed by atoms with E-state index >= 15 is 0 Å². The summed E-state index contributed by atoms with van der Waals surface area (Å²) in [6.07, 6.45) is 6.66. The molecule has 1 aromatic carbocycles. The minimum absolute atomic E-state index is 0.595. The maximum absolute atomic E-state index is 3.71. The van der Waals surface area contributed by atoms with Crippen LogP contribution in [0.2, 0.25) is 0 Å². The summed E-state index contributed by atoms with van der Waals surface area (Å²) in [5.74, 6) is 0. The highest BCUT2D eigenvalue weighted by molar-refractivity contribution is 5.22. The van der Waals surface area contributed by atoms with Crippen LogP contribution in [0.15, 0.2) is 24.3 Å². The van der Waals surface area contributed by atoms with Gasteiger partial charge in [0, 0.05) is 12.6 Å². The first-order valence-corrected chi connectivity index (χ1v) is 7.36. The summed E-state index contributed by atoms with van der Waals surface area (Å²) in [5.41, 5.74) is 3.44. The molecule has 1 heteroatoms. The monoisotopic (exact) mass is 245 g/mol. The van der Waals surface area contributed by atoms with Crippen molar-refractivity contribution < 1.29 is 0 Å². The maximum atomic E-state index is 3.71. The highest BCUT2D eigenvalue weighted by atomic mass is 14.9. The van der Waals surface area contributed by atoms with E-state index in [0.29, 0.717) is 11.5 Å². The van der Waals surface area contributed by atoms with Gasteiger partial charge in [-0.05, 0) is 50.5 Å². The quantitative estimate of drug-likeness (QED) is 0.796. The van der Waals surface area contributed by atoms with Gasteiger partial charge in [0.2, 0.25) is 0 Å². The van der Waals surface area contributed by atoms with Crippen LogP contribution in [0.25, 0.3) is 0 Å². The number of hydrogen-bond donors (Lipinski definition) is 1. The minimum atomic E-state index is 0.595. The van der Waals surface area contributed by atoms with E-state index in [4.69, 9.17) is 0 Å². The molecule has 1 atom stereocenters. The second-order valence-corrected chi connectivity index (χ2v) is 6.47. The van der Waals surface area contributed by atoms with Crippen molar-refractivity contribution in [1.29, 1.82) is 0 Å². The lowest BCUT2D eigenvalue weighted by Gasteiger charge is -2.39. The van der Waals surface area contributed by atoms with Gasteiger partial charge in [0.25, 0.3) is 0 Å². The van der Waals surface area contributed by atoms with E-state index < -0.39 is 0 Å². The lowest BCUT2D eigenvalue weighted by Crippen LogP contribution is -2.41. The molecular formula is C17H27N. The summed E-state index contributed by atoms with van der Waals surface area (Å²) in [5, 5.41) is 3.71. The zero-order valence-corrected chi connectivity index (χ0v) is 12.1. The molecule has 1 saturated carbocycles. The van der Waals surface area contributed by atoms with E-state index in [0.717, 1.165) is 0 Å². The molecule has 1 N–H and O–H groups in total. The molecule has 0 bridgehead atoms. The number of rotatable bonds is 6. The Morgan fingerprint density at radius 1 is 1.33 bits per heavy atom. The summed E-state index contributed by atoms with van der Waals surface area (Å²) >= 11 is 0. The Bertz CT molecular complexity index is 379. The second kappa shape index (κ2) is 5.88. The number of hydrogen-bond acceptors (Lipinski definition) is 1. The molecule has 2 rings (SSSR count). The predicted molar refractivity (Wildman–Crippen MR) is 78.9 cm³/mol. The molecule has 0 amide bonds. The highest BCUT2D eigenvalue weighted by Gasteiger charge is 2.31. The van der Waals surface area contributed by atoms with E-state index in [9.17, 15) is 0 Å². The number of benzene rings is 1. The maximum Gasteiger partial charge on any atom is 0.00421 e. The molecule has 0 heterocycles. The normalized spacial score (nSPS) is 19.3. The molecule has 0 saturated heterocycles. The van der Waals surface area contributed by atoms with Gasteiger partial charge in [-0.15, -0.1) is 0 Å². The largest absolute Gasteiger partial charge is 0.314 e. The highest BCUT2D eigenvalue weighted by Crippen LogP contribution is 2.39. The standard InChI is InChI=1S/C17H27N/c1-14-6-4-7-16(12-14)9-8-15(2)18-13-17(3)10-5-11-17/h4,6-7,12,15,18H,5,8-11,13H2,1-3H3. The van der Waals surface area contributed by atoms with Crippen molar-refractivity contribution in [2.45, 2.75) is 58.9 Å². The SMILES string of the molecule is Cc1cccc(CCC(C)NCC2(C)CCC2)c1. The molecule has 1 aliphatic carbocycles. The molecule has 18 heavy (non-hydrogen) atoms. The summed E-state index contributed by atoms with van der Waals surface area (Å²) in [6.45, 7) is 8.10. The lowest BCUT2D eigenvalue weighted by atomic mass is 9.70. The predicted octanol–water partition coefficient (Wildman–Crippen LogP) is 4.10. The summed E-state index contributed by atoms with van der Waals surface area (Å²) in [6, 6.07) is 9.51. The lowest BCUT2D eigenvalue weighted by molar-refractivity contribution is 0.151. The molecule has 0 spiro atoms. The van der Waals surface area contributed by atoms with Gasteiger partial charge in [-0.2, -0.15) is 0 Å². The van der Waals surface area contributed by atoms with Crippen LogP contribution < -0.4 is 5.32 Å². The van der Waals surface area contributed by atoms with Crippen molar-refractivity contribution in [2.24, 2.45) is 5.41 Å². The van der Waals surface area contributed by atoms with Crippen molar-refractivity contribution in [3.05, 3.63) is 35.4 Å². The van der Waals surface area contributed by atoms with Crippen molar-refractivity contribution >= 4 is 0 Å². The van der Waals surface area contributed by atoms with Crippen LogP contribution in [0.5, 0.6) is 0 Å². The third-order valence-electron chi connectivity index (χ3n) is 4.39. The Morgan fingerprint density at radius 3 is 2.72 bits per heavy atom. The molecule has 1 unspecified atom stereocenters. The van der Waals surface area contributed by atoms with Gasteiger partial charge in [0.1, 0.15) is 0 Å². The minimum Gasteiger partial charge on any atom is -0.314 e. The fourth-order valence-corrected chi connectivity index (χ4v) is 2.73. The van der Waals surface area contributed by atoms with Crippen molar-refractivity contribution in [1.82, 2.24) is 5.32 Å². The Balaban J connectivity index is 1.69. The van der Waals surface area contributed by atoms with Gasteiger partial charge in [-0.1, -0.05) is 43.2 Å². The van der Waals surface area contributed by atoms with Crippen LogP contribution in [0.1, 0.15) is 50.7 Å². The molecule has 100 valence electrons. The van der Waals surface area contributed by atoms with Crippen molar-refractivity contribution in [3.63, 3.8) is 0 Å². The fourth-order valence-electron chi connectivity index (χ4n) is 2.73. The average Bonchev–Trinajstić information content (AvgIpc) is 2.31. The smallest absolute Gasteiger partial charge is 0.00421 e. The second-order valence-electron chi connectivity index (χ2n) is 6.47. The Kier molecular flexibility index (Phi) is 4.45. The van der Waals surface area contributed by atoms with Crippen molar-refractivity contribution in [2.75, 3.05) is 6.54 Å². The third kappa shape index (κ3) is 3.84. The van der Waals surface area contributed by atoms with Crippen LogP contribution in [-0.4, -0.2) is 12.6 Å². The molecule has 0 radical (unpaired) electrons. The van der Waals surface area contributed by atoms with Gasteiger partial charge >= 0.3 is 0 Å². The van der Waals surface area contributed by atoms with Gasteiger partial charge in [0.05, 0.1) is 0 Å². The molecule has 1 aliphatic rings. The summed E-state index contributed by atoms with van der Waals surface area (Å²) < 4.78 is 0. The van der Waals surface area contributed by atoms with E-state index in [2.05, 4.69) is 50.4 Å². The molecule has 0 aliphatic heterocycles. The molecular weight excluding hydrogens is 218 g/mol. The van der Waals surface area contributed by atoms with Crippen LogP contribution >= 0.6 is 0 Å². The van der Waals surface area contributed by atoms with Gasteiger partial charge < -0.3 is 5.32 Å². The first-order valence-electron chi connectivity index (χ1n) is 7.36. The van der Waals surface area contributed by atoms with Crippen LogP contribution in [-0.2, 0) is 6.42 Å².